The Kier molecular flexibility index (Phi) is 6.16. The predicted octanol–water partition coefficient (Wildman–Crippen LogP) is 2.68. The van der Waals surface area contributed by atoms with Crippen LogP contribution in [0, 0.1) is 0 Å². The number of aliphatic hydroxyl groups excluding tert-OH is 1. The van der Waals surface area contributed by atoms with Gasteiger partial charge in [-0.1, -0.05) is 12.1 Å². The molecule has 0 radical (unpaired) electrons. The second-order valence-electron chi connectivity index (χ2n) is 5.08. The summed E-state index contributed by atoms with van der Waals surface area (Å²) < 4.78 is 5.71. The van der Waals surface area contributed by atoms with Gasteiger partial charge in [0, 0.05) is 18.6 Å². The van der Waals surface area contributed by atoms with Crippen LogP contribution in [0.1, 0.15) is 33.3 Å². The smallest absolute Gasteiger partial charge is 0.119 e. The second-order valence-corrected chi connectivity index (χ2v) is 5.08. The first kappa shape index (κ1) is 15.0. The van der Waals surface area contributed by atoms with Gasteiger partial charge in [0.05, 0.1) is 6.61 Å². The van der Waals surface area contributed by atoms with Crippen LogP contribution in [-0.2, 0) is 6.61 Å². The van der Waals surface area contributed by atoms with Crippen LogP contribution in [0.5, 0.6) is 5.75 Å². The van der Waals surface area contributed by atoms with Crippen LogP contribution in [0.15, 0.2) is 24.3 Å². The molecule has 3 nitrogen and oxygen atoms in total. The van der Waals surface area contributed by atoms with E-state index in [1.54, 1.807) is 0 Å². The highest BCUT2D eigenvalue weighted by molar-refractivity contribution is 5.26. The Bertz CT molecular complexity index is 325. The number of hydrogen-bond acceptors (Lipinski definition) is 3. The van der Waals surface area contributed by atoms with Crippen molar-refractivity contribution in [2.45, 2.75) is 46.4 Å². The maximum atomic E-state index is 8.95. The van der Waals surface area contributed by atoms with Crippen molar-refractivity contribution in [3.63, 3.8) is 0 Å². The maximum absolute atomic E-state index is 8.95. The number of aliphatic hydroxyl groups is 1. The molecule has 102 valence electrons. The van der Waals surface area contributed by atoms with Crippen LogP contribution < -0.4 is 4.74 Å². The summed E-state index contributed by atoms with van der Waals surface area (Å²) in [5, 5.41) is 8.95. The molecule has 0 aliphatic carbocycles. The molecule has 0 aromatic heterocycles. The van der Waals surface area contributed by atoms with E-state index in [-0.39, 0.29) is 6.61 Å². The van der Waals surface area contributed by atoms with Gasteiger partial charge >= 0.3 is 0 Å². The lowest BCUT2D eigenvalue weighted by Gasteiger charge is -2.30. The van der Waals surface area contributed by atoms with Crippen LogP contribution >= 0.6 is 0 Å². The van der Waals surface area contributed by atoms with Gasteiger partial charge in [0.25, 0.3) is 0 Å². The van der Waals surface area contributed by atoms with Crippen molar-refractivity contribution in [2.24, 2.45) is 0 Å². The Morgan fingerprint density at radius 1 is 1.06 bits per heavy atom. The Balaban J connectivity index is 2.40. The molecule has 0 amide bonds. The van der Waals surface area contributed by atoms with Gasteiger partial charge in [-0.15, -0.1) is 0 Å². The fourth-order valence-corrected chi connectivity index (χ4v) is 2.07. The average Bonchev–Trinajstić information content (AvgIpc) is 2.34. The van der Waals surface area contributed by atoms with Crippen LogP contribution in [0.3, 0.4) is 0 Å². The first-order chi connectivity index (χ1) is 8.54. The molecule has 0 fully saturated rings. The van der Waals surface area contributed by atoms with E-state index in [1.165, 1.54) is 0 Å². The SMILES string of the molecule is CC(C)N(CCOc1ccc(CO)cc1)C(C)C. The number of benzene rings is 1. The van der Waals surface area contributed by atoms with Crippen molar-refractivity contribution in [3.8, 4) is 5.75 Å². The zero-order valence-corrected chi connectivity index (χ0v) is 11.9. The van der Waals surface area contributed by atoms with Crippen LogP contribution in [-0.4, -0.2) is 35.2 Å². The molecular weight excluding hydrogens is 226 g/mol. The van der Waals surface area contributed by atoms with E-state index in [0.717, 1.165) is 17.9 Å². The molecule has 0 aliphatic heterocycles. The van der Waals surface area contributed by atoms with Crippen molar-refractivity contribution in [1.29, 1.82) is 0 Å². The topological polar surface area (TPSA) is 32.7 Å². The second kappa shape index (κ2) is 7.39. The number of rotatable bonds is 7. The first-order valence-electron chi connectivity index (χ1n) is 6.63. The van der Waals surface area contributed by atoms with Gasteiger partial charge in [-0.2, -0.15) is 0 Å². The zero-order valence-electron chi connectivity index (χ0n) is 11.9. The zero-order chi connectivity index (χ0) is 13.5. The molecule has 0 atom stereocenters. The highest BCUT2D eigenvalue weighted by atomic mass is 16.5. The van der Waals surface area contributed by atoms with Crippen molar-refractivity contribution in [3.05, 3.63) is 29.8 Å². The van der Waals surface area contributed by atoms with E-state index >= 15 is 0 Å². The van der Waals surface area contributed by atoms with E-state index in [0.29, 0.717) is 18.7 Å². The van der Waals surface area contributed by atoms with E-state index in [9.17, 15) is 0 Å². The Labute approximate surface area is 110 Å². The molecule has 0 saturated carbocycles. The minimum absolute atomic E-state index is 0.0781. The Hall–Kier alpha value is -1.06. The molecule has 18 heavy (non-hydrogen) atoms. The van der Waals surface area contributed by atoms with E-state index in [1.807, 2.05) is 24.3 Å². The summed E-state index contributed by atoms with van der Waals surface area (Å²) in [6, 6.07) is 8.65. The van der Waals surface area contributed by atoms with Gasteiger partial charge in [-0.25, -0.2) is 0 Å². The molecule has 0 spiro atoms. The van der Waals surface area contributed by atoms with E-state index in [4.69, 9.17) is 9.84 Å². The van der Waals surface area contributed by atoms with Gasteiger partial charge in [-0.3, -0.25) is 4.90 Å². The van der Waals surface area contributed by atoms with Gasteiger partial charge < -0.3 is 9.84 Å². The molecule has 0 saturated heterocycles. The highest BCUT2D eigenvalue weighted by Gasteiger charge is 2.12. The normalized spacial score (nSPS) is 11.6. The highest BCUT2D eigenvalue weighted by Crippen LogP contribution is 2.12. The predicted molar refractivity (Wildman–Crippen MR) is 74.8 cm³/mol. The Morgan fingerprint density at radius 3 is 2.06 bits per heavy atom. The maximum Gasteiger partial charge on any atom is 0.119 e. The van der Waals surface area contributed by atoms with E-state index in [2.05, 4.69) is 32.6 Å². The molecule has 3 heteroatoms. The molecule has 1 aromatic carbocycles. The van der Waals surface area contributed by atoms with Crippen molar-refractivity contribution >= 4 is 0 Å². The lowest BCUT2D eigenvalue weighted by Crippen LogP contribution is -2.39. The summed E-state index contributed by atoms with van der Waals surface area (Å²) in [5.74, 6) is 0.861. The fraction of sp³-hybridized carbons (Fsp3) is 0.600. The monoisotopic (exact) mass is 251 g/mol. The molecule has 0 aliphatic rings. The molecule has 1 N–H and O–H groups in total. The largest absolute Gasteiger partial charge is 0.492 e. The van der Waals surface area contributed by atoms with Crippen molar-refractivity contribution in [1.82, 2.24) is 4.90 Å². The molecule has 0 heterocycles. The molecule has 0 bridgehead atoms. The third-order valence-corrected chi connectivity index (χ3v) is 3.05. The van der Waals surface area contributed by atoms with Crippen molar-refractivity contribution in [2.75, 3.05) is 13.2 Å². The molecule has 1 aromatic rings. The standard InChI is InChI=1S/C15H25NO2/c1-12(2)16(13(3)4)9-10-18-15-7-5-14(11-17)6-8-15/h5-8,12-13,17H,9-11H2,1-4H3. The van der Waals surface area contributed by atoms with Gasteiger partial charge in [0.2, 0.25) is 0 Å². The third-order valence-electron chi connectivity index (χ3n) is 3.05. The summed E-state index contributed by atoms with van der Waals surface area (Å²) in [6.07, 6.45) is 0. The fourth-order valence-electron chi connectivity index (χ4n) is 2.07. The summed E-state index contributed by atoms with van der Waals surface area (Å²) >= 11 is 0. The molecule has 1 rings (SSSR count). The summed E-state index contributed by atoms with van der Waals surface area (Å²) in [6.45, 7) is 10.5. The lowest BCUT2D eigenvalue weighted by molar-refractivity contribution is 0.142. The molecule has 0 unspecified atom stereocenters. The average molecular weight is 251 g/mol. The number of ether oxygens (including phenoxy) is 1. The third kappa shape index (κ3) is 4.67. The van der Waals surface area contributed by atoms with Gasteiger partial charge in [-0.05, 0) is 45.4 Å². The van der Waals surface area contributed by atoms with Gasteiger partial charge in [0.15, 0.2) is 0 Å². The van der Waals surface area contributed by atoms with Crippen LogP contribution in [0.25, 0.3) is 0 Å². The van der Waals surface area contributed by atoms with Crippen LogP contribution in [0.4, 0.5) is 0 Å². The minimum atomic E-state index is 0.0781. The van der Waals surface area contributed by atoms with E-state index < -0.39 is 0 Å². The van der Waals surface area contributed by atoms with Crippen LogP contribution in [0.2, 0.25) is 0 Å². The molecular formula is C15H25NO2. The Morgan fingerprint density at radius 2 is 1.61 bits per heavy atom. The summed E-state index contributed by atoms with van der Waals surface area (Å²) in [4.78, 5) is 2.40. The minimum Gasteiger partial charge on any atom is -0.492 e. The summed E-state index contributed by atoms with van der Waals surface area (Å²) in [7, 11) is 0. The number of hydrogen-bond donors (Lipinski definition) is 1. The lowest BCUT2D eigenvalue weighted by atomic mass is 10.2. The number of nitrogens with zero attached hydrogens (tertiary/aromatic N) is 1. The van der Waals surface area contributed by atoms with Crippen molar-refractivity contribution < 1.29 is 9.84 Å². The van der Waals surface area contributed by atoms with Gasteiger partial charge in [0.1, 0.15) is 12.4 Å². The first-order valence-corrected chi connectivity index (χ1v) is 6.63. The summed E-state index contributed by atoms with van der Waals surface area (Å²) in [5.41, 5.74) is 0.910. The quantitative estimate of drug-likeness (QED) is 0.808.